The molecule has 0 aliphatic carbocycles. The monoisotopic (exact) mass is 213 g/mol. The van der Waals surface area contributed by atoms with Gasteiger partial charge in [0, 0.05) is 24.9 Å². The molecule has 1 heterocycles. The van der Waals surface area contributed by atoms with E-state index in [1.165, 1.54) is 12.4 Å². The van der Waals surface area contributed by atoms with Gasteiger partial charge in [-0.25, -0.2) is 0 Å². The number of aromatic nitrogens is 1. The van der Waals surface area contributed by atoms with E-state index in [1.807, 2.05) is 6.92 Å². The van der Waals surface area contributed by atoms with Gasteiger partial charge in [-0.15, -0.1) is 0 Å². The van der Waals surface area contributed by atoms with Crippen molar-refractivity contribution in [2.75, 3.05) is 0 Å². The summed E-state index contributed by atoms with van der Waals surface area (Å²) in [4.78, 5) is 15.0. The summed E-state index contributed by atoms with van der Waals surface area (Å²) in [6.45, 7) is 2.02. The normalized spacial score (nSPS) is 9.86. The summed E-state index contributed by atoms with van der Waals surface area (Å²) in [7, 11) is 0. The molecule has 76 valence electrons. The van der Waals surface area contributed by atoms with Gasteiger partial charge >= 0.3 is 5.97 Å². The maximum Gasteiger partial charge on any atom is 0.311 e. The van der Waals surface area contributed by atoms with Crippen LogP contribution in [0.4, 0.5) is 0 Å². The summed E-state index contributed by atoms with van der Waals surface area (Å²) in [5, 5.41) is 0.359. The minimum atomic E-state index is -0.250. The number of esters is 1. The molecule has 0 unspecified atom stereocenters. The average Bonchev–Trinajstić information content (AvgIpc) is 2.18. The molecule has 0 fully saturated rings. The number of nitrogens with zero attached hydrogens (tertiary/aromatic N) is 1. The Kier molecular flexibility index (Phi) is 4.40. The molecule has 0 bridgehead atoms. The van der Waals surface area contributed by atoms with E-state index in [4.69, 9.17) is 16.3 Å². The zero-order chi connectivity index (χ0) is 10.4. The van der Waals surface area contributed by atoms with E-state index in [0.717, 1.165) is 12.8 Å². The van der Waals surface area contributed by atoms with Crippen molar-refractivity contribution in [3.8, 4) is 5.75 Å². The molecule has 0 aliphatic rings. The third-order valence-corrected chi connectivity index (χ3v) is 1.98. The smallest absolute Gasteiger partial charge is 0.311 e. The van der Waals surface area contributed by atoms with Crippen LogP contribution >= 0.6 is 11.6 Å². The Morgan fingerprint density at radius 2 is 2.43 bits per heavy atom. The SMILES string of the molecule is CCCCC(=O)Oc1ccncc1Cl. The number of carbonyl (C=O) groups is 1. The molecule has 3 nitrogen and oxygen atoms in total. The molecule has 1 aromatic rings. The summed E-state index contributed by atoms with van der Waals surface area (Å²) in [5.74, 6) is 0.128. The second kappa shape index (κ2) is 5.60. The lowest BCUT2D eigenvalue weighted by molar-refractivity contribution is -0.134. The molecule has 0 aromatic carbocycles. The Morgan fingerprint density at radius 3 is 3.07 bits per heavy atom. The number of pyridine rings is 1. The van der Waals surface area contributed by atoms with Crippen molar-refractivity contribution in [1.29, 1.82) is 0 Å². The van der Waals surface area contributed by atoms with Crippen molar-refractivity contribution in [3.63, 3.8) is 0 Å². The highest BCUT2D eigenvalue weighted by Gasteiger charge is 2.06. The van der Waals surface area contributed by atoms with Crippen LogP contribution in [-0.4, -0.2) is 11.0 Å². The number of ether oxygens (including phenoxy) is 1. The molecule has 0 saturated carbocycles. The molecule has 0 spiro atoms. The van der Waals surface area contributed by atoms with Crippen molar-refractivity contribution in [2.45, 2.75) is 26.2 Å². The Hall–Kier alpha value is -1.09. The Bertz CT molecular complexity index is 315. The van der Waals surface area contributed by atoms with Crippen LogP contribution in [0.25, 0.3) is 0 Å². The molecule has 0 amide bonds. The van der Waals surface area contributed by atoms with Gasteiger partial charge in [-0.05, 0) is 6.42 Å². The molecule has 14 heavy (non-hydrogen) atoms. The van der Waals surface area contributed by atoms with E-state index in [9.17, 15) is 4.79 Å². The first-order valence-electron chi connectivity index (χ1n) is 4.54. The maximum atomic E-state index is 11.2. The first-order chi connectivity index (χ1) is 6.74. The van der Waals surface area contributed by atoms with Crippen LogP contribution < -0.4 is 4.74 Å². The lowest BCUT2D eigenvalue weighted by Gasteiger charge is -2.04. The van der Waals surface area contributed by atoms with Gasteiger partial charge in [-0.3, -0.25) is 9.78 Å². The van der Waals surface area contributed by atoms with E-state index in [1.54, 1.807) is 6.07 Å². The minimum Gasteiger partial charge on any atom is -0.425 e. The fourth-order valence-electron chi connectivity index (χ4n) is 0.940. The summed E-state index contributed by atoms with van der Waals surface area (Å²) >= 11 is 5.76. The van der Waals surface area contributed by atoms with Crippen molar-refractivity contribution < 1.29 is 9.53 Å². The average molecular weight is 214 g/mol. The van der Waals surface area contributed by atoms with Crippen LogP contribution in [0.3, 0.4) is 0 Å². The molecular weight excluding hydrogens is 202 g/mol. The van der Waals surface area contributed by atoms with Gasteiger partial charge in [-0.2, -0.15) is 0 Å². The van der Waals surface area contributed by atoms with Crippen molar-refractivity contribution >= 4 is 17.6 Å². The summed E-state index contributed by atoms with van der Waals surface area (Å²) < 4.78 is 5.04. The van der Waals surface area contributed by atoms with Crippen molar-refractivity contribution in [2.24, 2.45) is 0 Å². The zero-order valence-corrected chi connectivity index (χ0v) is 8.75. The number of unbranched alkanes of at least 4 members (excludes halogenated alkanes) is 1. The fourth-order valence-corrected chi connectivity index (χ4v) is 1.10. The second-order valence-electron chi connectivity index (χ2n) is 2.88. The van der Waals surface area contributed by atoms with Gasteiger partial charge in [0.2, 0.25) is 0 Å². The molecule has 0 aliphatic heterocycles. The Labute approximate surface area is 88.1 Å². The largest absolute Gasteiger partial charge is 0.425 e. The van der Waals surface area contributed by atoms with Crippen molar-refractivity contribution in [1.82, 2.24) is 4.98 Å². The van der Waals surface area contributed by atoms with E-state index in [2.05, 4.69) is 4.98 Å². The summed E-state index contributed by atoms with van der Waals surface area (Å²) in [5.41, 5.74) is 0. The van der Waals surface area contributed by atoms with Gasteiger partial charge in [0.15, 0.2) is 5.75 Å². The molecule has 0 N–H and O–H groups in total. The predicted octanol–water partition coefficient (Wildman–Crippen LogP) is 2.83. The van der Waals surface area contributed by atoms with Gasteiger partial charge < -0.3 is 4.74 Å². The molecular formula is C10H12ClNO2. The number of hydrogen-bond acceptors (Lipinski definition) is 3. The molecule has 0 radical (unpaired) electrons. The highest BCUT2D eigenvalue weighted by molar-refractivity contribution is 6.32. The summed E-state index contributed by atoms with van der Waals surface area (Å²) in [6, 6.07) is 1.58. The van der Waals surface area contributed by atoms with E-state index < -0.39 is 0 Å². The minimum absolute atomic E-state index is 0.250. The standard InChI is InChI=1S/C10H12ClNO2/c1-2-3-4-10(13)14-9-5-6-12-7-8(9)11/h5-7H,2-4H2,1H3. The van der Waals surface area contributed by atoms with Crippen LogP contribution in [-0.2, 0) is 4.79 Å². The van der Waals surface area contributed by atoms with Gasteiger partial charge in [0.1, 0.15) is 5.02 Å². The third kappa shape index (κ3) is 3.34. The summed E-state index contributed by atoms with van der Waals surface area (Å²) in [6.07, 6.45) is 5.22. The fraction of sp³-hybridized carbons (Fsp3) is 0.400. The first kappa shape index (κ1) is 11.0. The van der Waals surface area contributed by atoms with Gasteiger partial charge in [0.05, 0.1) is 0 Å². The molecule has 4 heteroatoms. The van der Waals surface area contributed by atoms with E-state index >= 15 is 0 Å². The lowest BCUT2D eigenvalue weighted by atomic mass is 10.2. The number of rotatable bonds is 4. The quantitative estimate of drug-likeness (QED) is 0.722. The number of hydrogen-bond donors (Lipinski definition) is 0. The Morgan fingerprint density at radius 1 is 1.64 bits per heavy atom. The molecule has 1 rings (SSSR count). The highest BCUT2D eigenvalue weighted by Crippen LogP contribution is 2.22. The Balaban J connectivity index is 2.52. The topological polar surface area (TPSA) is 39.2 Å². The number of carbonyl (C=O) groups excluding carboxylic acids is 1. The highest BCUT2D eigenvalue weighted by atomic mass is 35.5. The van der Waals surface area contributed by atoms with Crippen LogP contribution in [0.2, 0.25) is 5.02 Å². The predicted molar refractivity (Wildman–Crippen MR) is 54.4 cm³/mol. The van der Waals surface area contributed by atoms with E-state index in [0.29, 0.717) is 17.2 Å². The maximum absolute atomic E-state index is 11.2. The first-order valence-corrected chi connectivity index (χ1v) is 4.92. The lowest BCUT2D eigenvalue weighted by Crippen LogP contribution is -2.07. The van der Waals surface area contributed by atoms with Crippen molar-refractivity contribution in [3.05, 3.63) is 23.5 Å². The molecule has 1 aromatic heterocycles. The van der Waals surface area contributed by atoms with Gasteiger partial charge in [-0.1, -0.05) is 24.9 Å². The zero-order valence-electron chi connectivity index (χ0n) is 8.00. The third-order valence-electron chi connectivity index (χ3n) is 1.69. The molecule has 0 atom stereocenters. The van der Waals surface area contributed by atoms with Gasteiger partial charge in [0.25, 0.3) is 0 Å². The van der Waals surface area contributed by atoms with Crippen LogP contribution in [0.15, 0.2) is 18.5 Å². The second-order valence-corrected chi connectivity index (χ2v) is 3.29. The van der Waals surface area contributed by atoms with Crippen LogP contribution in [0, 0.1) is 0 Å². The van der Waals surface area contributed by atoms with E-state index in [-0.39, 0.29) is 5.97 Å². The van der Waals surface area contributed by atoms with Crippen LogP contribution in [0.5, 0.6) is 5.75 Å². The van der Waals surface area contributed by atoms with Crippen LogP contribution in [0.1, 0.15) is 26.2 Å². The number of halogens is 1. The molecule has 0 saturated heterocycles.